The van der Waals surface area contributed by atoms with Gasteiger partial charge < -0.3 is 14.9 Å². The fourth-order valence-electron chi connectivity index (χ4n) is 3.20. The molecule has 3 unspecified atom stereocenters. The van der Waals surface area contributed by atoms with Crippen LogP contribution >= 0.6 is 35.7 Å². The fourth-order valence-corrected chi connectivity index (χ4v) is 5.85. The Morgan fingerprint density at radius 2 is 2.17 bits per heavy atom. The van der Waals surface area contributed by atoms with Gasteiger partial charge in [-0.3, -0.25) is 14.5 Å². The molecule has 0 saturated carbocycles. The standard InChI is InChI=1S/C16H16N6O5S3/c1-5-17-9(27-21-5)3-8(23)18-10-14(24)22-11(16(25)26)7(4-29-15(10)22)12(28)13-20-19-6(2)30-13/h10,12,15,28H,3-4H2,1-2H3,(H,18,23)(H,25,26). The maximum atomic E-state index is 12.7. The number of thioether (sulfide) groups is 1. The van der Waals surface area contributed by atoms with Crippen LogP contribution < -0.4 is 5.32 Å². The smallest absolute Gasteiger partial charge is 0.352 e. The molecule has 158 valence electrons. The number of thiol groups is 1. The van der Waals surface area contributed by atoms with Crippen molar-refractivity contribution in [2.75, 3.05) is 5.75 Å². The molecule has 1 fully saturated rings. The first-order valence-electron chi connectivity index (χ1n) is 8.74. The number of aliphatic carboxylic acids is 1. The zero-order chi connectivity index (χ0) is 21.6. The molecule has 0 spiro atoms. The molecule has 0 bridgehead atoms. The minimum absolute atomic E-state index is 0.116. The lowest BCUT2D eigenvalue weighted by atomic mass is 10.0. The maximum Gasteiger partial charge on any atom is 0.352 e. The lowest BCUT2D eigenvalue weighted by Crippen LogP contribution is -2.70. The number of hydrogen-bond acceptors (Lipinski definition) is 11. The first-order valence-corrected chi connectivity index (χ1v) is 11.1. The Hall–Kier alpha value is -2.45. The number of fused-ring (bicyclic) bond motifs is 1. The van der Waals surface area contributed by atoms with Gasteiger partial charge in [0.05, 0.1) is 5.25 Å². The van der Waals surface area contributed by atoms with Crippen molar-refractivity contribution in [3.63, 3.8) is 0 Å². The number of aromatic nitrogens is 4. The summed E-state index contributed by atoms with van der Waals surface area (Å²) in [5.74, 6) is -1.30. The van der Waals surface area contributed by atoms with E-state index in [1.54, 1.807) is 13.8 Å². The SMILES string of the molecule is Cc1noc(CC(=O)NC2C(=O)N3C(C(=O)O)=C(C(S)c4nnc(C)s4)CSC23)n1. The second-order valence-electron chi connectivity index (χ2n) is 6.61. The third kappa shape index (κ3) is 3.70. The molecule has 0 aliphatic carbocycles. The summed E-state index contributed by atoms with van der Waals surface area (Å²) < 4.78 is 4.91. The van der Waals surface area contributed by atoms with Crippen LogP contribution in [0.5, 0.6) is 0 Å². The van der Waals surface area contributed by atoms with Gasteiger partial charge in [0.25, 0.3) is 5.91 Å². The Morgan fingerprint density at radius 1 is 1.40 bits per heavy atom. The van der Waals surface area contributed by atoms with E-state index in [0.717, 1.165) is 5.01 Å². The summed E-state index contributed by atoms with van der Waals surface area (Å²) in [5, 5.41) is 24.2. The van der Waals surface area contributed by atoms with Crippen molar-refractivity contribution in [2.45, 2.75) is 36.9 Å². The van der Waals surface area contributed by atoms with E-state index in [0.29, 0.717) is 22.2 Å². The summed E-state index contributed by atoms with van der Waals surface area (Å²) in [5.41, 5.74) is 0.359. The zero-order valence-corrected chi connectivity index (χ0v) is 18.3. The fraction of sp³-hybridized carbons (Fsp3) is 0.438. The highest BCUT2D eigenvalue weighted by Crippen LogP contribution is 2.45. The van der Waals surface area contributed by atoms with Gasteiger partial charge in [-0.25, -0.2) is 4.79 Å². The van der Waals surface area contributed by atoms with Crippen LogP contribution in [0.25, 0.3) is 0 Å². The lowest BCUT2D eigenvalue weighted by Gasteiger charge is -2.49. The minimum Gasteiger partial charge on any atom is -0.477 e. The topological polar surface area (TPSA) is 151 Å². The summed E-state index contributed by atoms with van der Waals surface area (Å²) in [6.07, 6.45) is -0.163. The van der Waals surface area contributed by atoms with E-state index >= 15 is 0 Å². The van der Waals surface area contributed by atoms with E-state index in [4.69, 9.17) is 4.52 Å². The first-order chi connectivity index (χ1) is 14.3. The van der Waals surface area contributed by atoms with Crippen LogP contribution in [0.15, 0.2) is 15.8 Å². The Morgan fingerprint density at radius 3 is 2.77 bits per heavy atom. The van der Waals surface area contributed by atoms with E-state index in [-0.39, 0.29) is 18.0 Å². The highest BCUT2D eigenvalue weighted by Gasteiger charge is 2.54. The predicted octanol–water partition coefficient (Wildman–Crippen LogP) is 0.490. The zero-order valence-electron chi connectivity index (χ0n) is 15.7. The number of hydrogen-bond donors (Lipinski definition) is 3. The number of aryl methyl sites for hydroxylation is 2. The van der Waals surface area contributed by atoms with E-state index in [1.807, 2.05) is 0 Å². The molecule has 14 heteroatoms. The third-order valence-corrected chi connectivity index (χ3v) is 7.44. The number of carbonyl (C=O) groups is 3. The number of carbonyl (C=O) groups excluding carboxylic acids is 2. The third-order valence-electron chi connectivity index (χ3n) is 4.50. The van der Waals surface area contributed by atoms with Crippen LogP contribution in [0.3, 0.4) is 0 Å². The number of carboxylic acids is 1. The Balaban J connectivity index is 1.51. The second kappa shape index (κ2) is 8.00. The molecular weight excluding hydrogens is 452 g/mol. The van der Waals surface area contributed by atoms with E-state index in [2.05, 4.69) is 38.3 Å². The molecule has 2 aromatic heterocycles. The molecule has 2 aliphatic rings. The summed E-state index contributed by atoms with van der Waals surface area (Å²) >= 11 is 7.21. The maximum absolute atomic E-state index is 12.7. The quantitative estimate of drug-likeness (QED) is 0.403. The molecular formula is C16H16N6O5S3. The van der Waals surface area contributed by atoms with E-state index in [9.17, 15) is 19.5 Å². The van der Waals surface area contributed by atoms with Gasteiger partial charge in [0.15, 0.2) is 5.82 Å². The summed E-state index contributed by atoms with van der Waals surface area (Å²) in [6, 6.07) is -0.829. The predicted molar refractivity (Wildman–Crippen MR) is 109 cm³/mol. The van der Waals surface area contributed by atoms with Crippen LogP contribution in [-0.4, -0.2) is 65.3 Å². The molecule has 0 aromatic carbocycles. The van der Waals surface area contributed by atoms with Crippen molar-refractivity contribution in [3.8, 4) is 0 Å². The van der Waals surface area contributed by atoms with Crippen molar-refractivity contribution in [3.05, 3.63) is 33.0 Å². The van der Waals surface area contributed by atoms with Gasteiger partial charge >= 0.3 is 5.97 Å². The monoisotopic (exact) mass is 468 g/mol. The average molecular weight is 469 g/mol. The van der Waals surface area contributed by atoms with Gasteiger partial charge in [0.1, 0.15) is 33.5 Å². The highest BCUT2D eigenvalue weighted by molar-refractivity contribution is 8.00. The molecule has 2 N–H and O–H groups in total. The van der Waals surface area contributed by atoms with Crippen molar-refractivity contribution >= 4 is 53.5 Å². The molecule has 2 aliphatic heterocycles. The molecule has 4 rings (SSSR count). The molecule has 0 radical (unpaired) electrons. The van der Waals surface area contributed by atoms with Gasteiger partial charge in [-0.2, -0.15) is 17.6 Å². The lowest BCUT2D eigenvalue weighted by molar-refractivity contribution is -0.150. The van der Waals surface area contributed by atoms with Gasteiger partial charge in [-0.05, 0) is 19.4 Å². The summed E-state index contributed by atoms with van der Waals surface area (Å²) in [7, 11) is 0. The minimum atomic E-state index is -1.23. The Kier molecular flexibility index (Phi) is 5.55. The Labute approximate surface area is 183 Å². The van der Waals surface area contributed by atoms with Crippen LogP contribution in [0.2, 0.25) is 0 Å². The van der Waals surface area contributed by atoms with Crippen molar-refractivity contribution < 1.29 is 24.0 Å². The number of rotatable bonds is 6. The Bertz CT molecular complexity index is 1070. The molecule has 3 atom stereocenters. The van der Waals surface area contributed by atoms with Crippen LogP contribution in [0.1, 0.15) is 27.0 Å². The number of β-lactam (4-membered cyclic amide) rings is 1. The van der Waals surface area contributed by atoms with Crippen molar-refractivity contribution in [1.29, 1.82) is 0 Å². The number of nitrogens with zero attached hydrogens (tertiary/aromatic N) is 5. The van der Waals surface area contributed by atoms with Crippen LogP contribution in [0.4, 0.5) is 0 Å². The largest absolute Gasteiger partial charge is 0.477 e. The molecule has 2 aromatic rings. The summed E-state index contributed by atoms with van der Waals surface area (Å²) in [6.45, 7) is 3.42. The molecule has 2 amide bonds. The average Bonchev–Trinajstić information content (AvgIpc) is 3.32. The molecule has 1 saturated heterocycles. The number of nitrogens with one attached hydrogen (secondary N) is 1. The van der Waals surface area contributed by atoms with Gasteiger partial charge in [-0.15, -0.1) is 33.3 Å². The van der Waals surface area contributed by atoms with Crippen LogP contribution in [-0.2, 0) is 20.8 Å². The van der Waals surface area contributed by atoms with Crippen molar-refractivity contribution in [1.82, 2.24) is 30.6 Å². The van der Waals surface area contributed by atoms with Gasteiger partial charge in [-0.1, -0.05) is 5.16 Å². The van der Waals surface area contributed by atoms with Crippen molar-refractivity contribution in [2.24, 2.45) is 0 Å². The number of carboxylic acid groups (broad SMARTS) is 1. The van der Waals surface area contributed by atoms with Gasteiger partial charge in [0.2, 0.25) is 11.8 Å². The second-order valence-corrected chi connectivity index (χ2v) is 9.44. The van der Waals surface area contributed by atoms with E-state index < -0.39 is 34.4 Å². The first kappa shape index (κ1) is 20.8. The molecule has 30 heavy (non-hydrogen) atoms. The summed E-state index contributed by atoms with van der Waals surface area (Å²) in [4.78, 5) is 42.1. The number of amides is 2. The molecule has 4 heterocycles. The molecule has 11 nitrogen and oxygen atoms in total. The highest BCUT2D eigenvalue weighted by atomic mass is 32.2. The normalized spacial score (nSPS) is 21.8. The van der Waals surface area contributed by atoms with E-state index in [1.165, 1.54) is 28.0 Å². The van der Waals surface area contributed by atoms with Gasteiger partial charge in [0, 0.05) is 5.75 Å². The van der Waals surface area contributed by atoms with Crippen LogP contribution in [0, 0.1) is 13.8 Å².